The number of hydrogen-bond donors (Lipinski definition) is 0. The van der Waals surface area contributed by atoms with E-state index in [-0.39, 0.29) is 0 Å². The molecule has 7 heavy (non-hydrogen) atoms. The van der Waals surface area contributed by atoms with Gasteiger partial charge in [-0.2, -0.15) is 0 Å². The molecule has 0 aliphatic rings. The Hall–Kier alpha value is -0.0800. The Morgan fingerprint density at radius 2 is 2.43 bits per heavy atom. The number of methoxy groups -OCH3 is 1. The Morgan fingerprint density at radius 1 is 2.00 bits per heavy atom. The maximum Gasteiger partial charge on any atom is 0.196 e. The fraction of sp³-hybridized carbons (Fsp3) is 0.500. The minimum Gasteiger partial charge on any atom is -0.356 e. The lowest BCUT2D eigenvalue weighted by atomic mass is 10.4. The fourth-order valence-electron chi connectivity index (χ4n) is 0.0481. The molecule has 0 fully saturated rings. The molecule has 0 aromatic carbocycles. The number of carbonyl (C=O) groups excluding carboxylic acids is 1. The first-order valence-corrected chi connectivity index (χ1v) is 2.06. The lowest BCUT2D eigenvalue weighted by Gasteiger charge is -2.08. The van der Waals surface area contributed by atoms with E-state index in [9.17, 15) is 4.79 Å². The van der Waals surface area contributed by atoms with Crippen molar-refractivity contribution in [3.05, 3.63) is 6.92 Å². The van der Waals surface area contributed by atoms with Gasteiger partial charge in [0.05, 0.1) is 0 Å². The van der Waals surface area contributed by atoms with Crippen molar-refractivity contribution in [3.8, 4) is 0 Å². The molecule has 0 spiro atoms. The van der Waals surface area contributed by atoms with Crippen LogP contribution in [0.4, 0.5) is 0 Å². The fourth-order valence-corrected chi connectivity index (χ4v) is 0.0481. The smallest absolute Gasteiger partial charge is 0.196 e. The zero-order chi connectivity index (χ0) is 5.91. The summed E-state index contributed by atoms with van der Waals surface area (Å²) in [6.07, 6.45) is 0.425. The second kappa shape index (κ2) is 2.28. The van der Waals surface area contributed by atoms with Gasteiger partial charge in [-0.1, -0.05) is 11.6 Å². The average Bonchev–Trinajstić information content (AvgIpc) is 1.68. The summed E-state index contributed by atoms with van der Waals surface area (Å²) in [6.45, 7) is 3.18. The molecule has 0 heterocycles. The second-order valence-corrected chi connectivity index (χ2v) is 1.75. The SMILES string of the molecule is [CH2]C(Cl)(C=O)OC. The Kier molecular flexibility index (Phi) is 2.26. The molecular weight excluding hydrogens is 115 g/mol. The van der Waals surface area contributed by atoms with E-state index < -0.39 is 5.06 Å². The van der Waals surface area contributed by atoms with Crippen LogP contribution in [-0.2, 0) is 9.53 Å². The van der Waals surface area contributed by atoms with E-state index in [4.69, 9.17) is 11.6 Å². The van der Waals surface area contributed by atoms with Crippen LogP contribution in [0.2, 0.25) is 0 Å². The number of rotatable bonds is 2. The van der Waals surface area contributed by atoms with E-state index >= 15 is 0 Å². The second-order valence-electron chi connectivity index (χ2n) is 1.11. The summed E-state index contributed by atoms with van der Waals surface area (Å²) in [5.41, 5.74) is 0. The first kappa shape index (κ1) is 6.92. The lowest BCUT2D eigenvalue weighted by molar-refractivity contribution is -0.116. The standard InChI is InChI=1S/C4H6ClO2/c1-4(5,3-6)7-2/h3H,1H2,2H3. The molecule has 3 heteroatoms. The zero-order valence-corrected chi connectivity index (χ0v) is 4.73. The molecule has 0 aliphatic heterocycles. The van der Waals surface area contributed by atoms with Crippen molar-refractivity contribution < 1.29 is 9.53 Å². The summed E-state index contributed by atoms with van der Waals surface area (Å²) in [6, 6.07) is 0. The van der Waals surface area contributed by atoms with Gasteiger partial charge in [-0.25, -0.2) is 0 Å². The monoisotopic (exact) mass is 121 g/mol. The Morgan fingerprint density at radius 3 is 2.43 bits per heavy atom. The molecule has 0 amide bonds. The van der Waals surface area contributed by atoms with Crippen molar-refractivity contribution in [3.63, 3.8) is 0 Å². The van der Waals surface area contributed by atoms with Crippen LogP contribution in [-0.4, -0.2) is 18.5 Å². The van der Waals surface area contributed by atoms with Gasteiger partial charge in [0.1, 0.15) is 0 Å². The first-order valence-electron chi connectivity index (χ1n) is 1.68. The Labute approximate surface area is 47.4 Å². The summed E-state index contributed by atoms with van der Waals surface area (Å²) in [5.74, 6) is 0. The molecular formula is C4H6ClO2. The first-order chi connectivity index (χ1) is 3.12. The number of ether oxygens (including phenoxy) is 1. The third-order valence-corrected chi connectivity index (χ3v) is 0.759. The number of aldehydes is 1. The van der Waals surface area contributed by atoms with Crippen molar-refractivity contribution in [1.82, 2.24) is 0 Å². The van der Waals surface area contributed by atoms with Crippen molar-refractivity contribution >= 4 is 17.9 Å². The van der Waals surface area contributed by atoms with Crippen LogP contribution in [0.25, 0.3) is 0 Å². The van der Waals surface area contributed by atoms with Gasteiger partial charge in [0.15, 0.2) is 11.3 Å². The van der Waals surface area contributed by atoms with Crippen LogP contribution in [0, 0.1) is 6.92 Å². The Bertz CT molecular complexity index is 70.1. The average molecular weight is 122 g/mol. The molecule has 1 atom stereocenters. The zero-order valence-electron chi connectivity index (χ0n) is 3.98. The number of halogens is 1. The van der Waals surface area contributed by atoms with Gasteiger partial charge in [0.2, 0.25) is 0 Å². The van der Waals surface area contributed by atoms with Crippen LogP contribution >= 0.6 is 11.6 Å². The maximum atomic E-state index is 9.74. The van der Waals surface area contributed by atoms with Crippen molar-refractivity contribution in [2.45, 2.75) is 5.06 Å². The predicted molar refractivity (Wildman–Crippen MR) is 27.0 cm³/mol. The summed E-state index contributed by atoms with van der Waals surface area (Å²) < 4.78 is 4.37. The van der Waals surface area contributed by atoms with Gasteiger partial charge in [-0.15, -0.1) is 0 Å². The van der Waals surface area contributed by atoms with Crippen LogP contribution in [0.15, 0.2) is 0 Å². The lowest BCUT2D eigenvalue weighted by Crippen LogP contribution is -2.20. The summed E-state index contributed by atoms with van der Waals surface area (Å²) in [4.78, 5) is 9.74. The number of alkyl halides is 1. The number of hydrogen-bond acceptors (Lipinski definition) is 2. The van der Waals surface area contributed by atoms with E-state index in [0.29, 0.717) is 6.29 Å². The minimum absolute atomic E-state index is 0.425. The van der Waals surface area contributed by atoms with Crippen LogP contribution < -0.4 is 0 Å². The summed E-state index contributed by atoms with van der Waals surface area (Å²) in [5, 5.41) is -1.38. The van der Waals surface area contributed by atoms with E-state index in [1.807, 2.05) is 0 Å². The van der Waals surface area contributed by atoms with Crippen molar-refractivity contribution in [1.29, 1.82) is 0 Å². The third kappa shape index (κ3) is 2.60. The molecule has 0 saturated carbocycles. The highest BCUT2D eigenvalue weighted by molar-refractivity contribution is 6.30. The van der Waals surface area contributed by atoms with Crippen LogP contribution in [0.3, 0.4) is 0 Å². The highest BCUT2D eigenvalue weighted by Gasteiger charge is 2.16. The predicted octanol–water partition coefficient (Wildman–Crippen LogP) is 0.601. The third-order valence-electron chi connectivity index (χ3n) is 0.515. The van der Waals surface area contributed by atoms with Gasteiger partial charge in [-0.05, 0) is 0 Å². The van der Waals surface area contributed by atoms with Gasteiger partial charge in [0.25, 0.3) is 0 Å². The molecule has 0 bridgehead atoms. The number of carbonyl (C=O) groups is 1. The normalized spacial score (nSPS) is 18.1. The Balaban J connectivity index is 3.58. The van der Waals surface area contributed by atoms with Gasteiger partial charge < -0.3 is 4.74 Å². The van der Waals surface area contributed by atoms with E-state index in [1.165, 1.54) is 7.11 Å². The van der Waals surface area contributed by atoms with E-state index in [0.717, 1.165) is 0 Å². The van der Waals surface area contributed by atoms with Crippen LogP contribution in [0.5, 0.6) is 0 Å². The summed E-state index contributed by atoms with van der Waals surface area (Å²) in [7, 11) is 1.31. The van der Waals surface area contributed by atoms with Crippen molar-refractivity contribution in [2.75, 3.05) is 7.11 Å². The molecule has 0 N–H and O–H groups in total. The molecule has 0 aromatic heterocycles. The largest absolute Gasteiger partial charge is 0.356 e. The van der Waals surface area contributed by atoms with Gasteiger partial charge in [-0.3, -0.25) is 4.79 Å². The van der Waals surface area contributed by atoms with Crippen LogP contribution in [0.1, 0.15) is 0 Å². The maximum absolute atomic E-state index is 9.74. The summed E-state index contributed by atoms with van der Waals surface area (Å²) >= 11 is 5.20. The van der Waals surface area contributed by atoms with E-state index in [2.05, 4.69) is 11.7 Å². The molecule has 0 aliphatic carbocycles. The molecule has 0 saturated heterocycles. The van der Waals surface area contributed by atoms with Gasteiger partial charge >= 0.3 is 0 Å². The molecule has 0 aromatic rings. The molecule has 0 rings (SSSR count). The molecule has 2 nitrogen and oxygen atoms in total. The minimum atomic E-state index is -1.38. The molecule has 1 radical (unpaired) electrons. The van der Waals surface area contributed by atoms with Crippen molar-refractivity contribution in [2.24, 2.45) is 0 Å². The molecule has 1 unspecified atom stereocenters. The molecule has 41 valence electrons. The highest BCUT2D eigenvalue weighted by Crippen LogP contribution is 2.08. The highest BCUT2D eigenvalue weighted by atomic mass is 35.5. The van der Waals surface area contributed by atoms with Gasteiger partial charge in [0, 0.05) is 14.0 Å². The van der Waals surface area contributed by atoms with E-state index in [1.54, 1.807) is 0 Å². The quantitative estimate of drug-likeness (QED) is 0.395. The topological polar surface area (TPSA) is 26.3 Å².